The second kappa shape index (κ2) is 4.80. The summed E-state index contributed by atoms with van der Waals surface area (Å²) in [5, 5.41) is 0. The summed E-state index contributed by atoms with van der Waals surface area (Å²) in [4.78, 5) is 2.12. The average molecular weight is 258 g/mol. The van der Waals surface area contributed by atoms with Crippen LogP contribution in [0.3, 0.4) is 0 Å². The fourth-order valence-corrected chi connectivity index (χ4v) is 2.43. The first-order chi connectivity index (χ1) is 8.41. The first kappa shape index (κ1) is 13.2. The Morgan fingerprint density at radius 2 is 2.11 bits per heavy atom. The molecule has 2 nitrogen and oxygen atoms in total. The molecule has 18 heavy (non-hydrogen) atoms. The van der Waals surface area contributed by atoms with Crippen LogP contribution in [-0.2, 0) is 6.18 Å². The Morgan fingerprint density at radius 3 is 2.61 bits per heavy atom. The lowest BCUT2D eigenvalue weighted by atomic mass is 10.1. The van der Waals surface area contributed by atoms with Crippen LogP contribution in [0.2, 0.25) is 0 Å². The van der Waals surface area contributed by atoms with Gasteiger partial charge in [0.15, 0.2) is 0 Å². The Balaban J connectivity index is 2.21. The van der Waals surface area contributed by atoms with Crippen molar-refractivity contribution in [1.82, 2.24) is 0 Å². The zero-order chi connectivity index (χ0) is 13.3. The highest BCUT2D eigenvalue weighted by Gasteiger charge is 2.31. The van der Waals surface area contributed by atoms with Crippen molar-refractivity contribution in [2.75, 3.05) is 24.5 Å². The number of anilines is 1. The van der Waals surface area contributed by atoms with Crippen molar-refractivity contribution in [3.8, 4) is 0 Å². The smallest absolute Gasteiger partial charge is 0.371 e. The van der Waals surface area contributed by atoms with Gasteiger partial charge in [-0.1, -0.05) is 0 Å². The molecule has 0 saturated carbocycles. The van der Waals surface area contributed by atoms with Gasteiger partial charge in [0.05, 0.1) is 5.56 Å². The zero-order valence-electron chi connectivity index (χ0n) is 10.3. The first-order valence-corrected chi connectivity index (χ1v) is 6.04. The number of benzene rings is 1. The highest BCUT2D eigenvalue weighted by atomic mass is 19.4. The van der Waals surface area contributed by atoms with E-state index in [0.29, 0.717) is 18.0 Å². The number of halogens is 3. The number of hydrogen-bond donors (Lipinski definition) is 1. The fraction of sp³-hybridized carbons (Fsp3) is 0.538. The van der Waals surface area contributed by atoms with E-state index in [1.54, 1.807) is 13.0 Å². The molecule has 100 valence electrons. The molecule has 0 spiro atoms. The lowest BCUT2D eigenvalue weighted by Crippen LogP contribution is -2.23. The van der Waals surface area contributed by atoms with Gasteiger partial charge in [-0.15, -0.1) is 0 Å². The Bertz CT molecular complexity index is 429. The maximum Gasteiger partial charge on any atom is 0.416 e. The summed E-state index contributed by atoms with van der Waals surface area (Å²) in [6.07, 6.45) is -3.26. The Hall–Kier alpha value is -1.23. The van der Waals surface area contributed by atoms with E-state index in [0.717, 1.165) is 31.3 Å². The van der Waals surface area contributed by atoms with Gasteiger partial charge in [-0.05, 0) is 49.6 Å². The van der Waals surface area contributed by atoms with Crippen LogP contribution in [-0.4, -0.2) is 19.6 Å². The SMILES string of the molecule is Cc1cc(C(F)(F)F)ccc1N1CCC(CN)C1. The third-order valence-electron chi connectivity index (χ3n) is 3.48. The van der Waals surface area contributed by atoms with Gasteiger partial charge >= 0.3 is 6.18 Å². The van der Waals surface area contributed by atoms with E-state index >= 15 is 0 Å². The van der Waals surface area contributed by atoms with Gasteiger partial charge in [-0.25, -0.2) is 0 Å². The minimum atomic E-state index is -4.27. The third-order valence-corrected chi connectivity index (χ3v) is 3.48. The summed E-state index contributed by atoms with van der Waals surface area (Å²) < 4.78 is 37.7. The molecule has 0 aromatic heterocycles. The summed E-state index contributed by atoms with van der Waals surface area (Å²) in [6, 6.07) is 3.93. The molecule has 0 amide bonds. The highest BCUT2D eigenvalue weighted by Crippen LogP contribution is 2.33. The summed E-state index contributed by atoms with van der Waals surface area (Å²) in [5.41, 5.74) is 6.59. The van der Waals surface area contributed by atoms with Crippen LogP contribution in [0.15, 0.2) is 18.2 Å². The van der Waals surface area contributed by atoms with Gasteiger partial charge in [0.1, 0.15) is 0 Å². The molecule has 0 radical (unpaired) electrons. The fourth-order valence-electron chi connectivity index (χ4n) is 2.43. The largest absolute Gasteiger partial charge is 0.416 e. The van der Waals surface area contributed by atoms with Gasteiger partial charge in [-0.3, -0.25) is 0 Å². The van der Waals surface area contributed by atoms with Crippen LogP contribution in [0, 0.1) is 12.8 Å². The summed E-state index contributed by atoms with van der Waals surface area (Å²) in [5.74, 6) is 0.451. The quantitative estimate of drug-likeness (QED) is 0.883. The van der Waals surface area contributed by atoms with Crippen molar-refractivity contribution >= 4 is 5.69 Å². The predicted molar refractivity (Wildman–Crippen MR) is 65.6 cm³/mol. The maximum atomic E-state index is 12.6. The molecule has 1 aliphatic rings. The van der Waals surface area contributed by atoms with E-state index in [2.05, 4.69) is 4.90 Å². The van der Waals surface area contributed by atoms with E-state index in [-0.39, 0.29) is 0 Å². The van der Waals surface area contributed by atoms with Gasteiger partial charge in [0.25, 0.3) is 0 Å². The molecule has 0 bridgehead atoms. The van der Waals surface area contributed by atoms with Crippen molar-refractivity contribution in [3.63, 3.8) is 0 Å². The third kappa shape index (κ3) is 2.61. The molecule has 1 aromatic carbocycles. The topological polar surface area (TPSA) is 29.3 Å². The molecular formula is C13H17F3N2. The van der Waals surface area contributed by atoms with Crippen molar-refractivity contribution in [2.45, 2.75) is 19.5 Å². The molecule has 1 heterocycles. The Morgan fingerprint density at radius 1 is 1.39 bits per heavy atom. The second-order valence-corrected chi connectivity index (χ2v) is 4.84. The van der Waals surface area contributed by atoms with E-state index in [1.807, 2.05) is 0 Å². The second-order valence-electron chi connectivity index (χ2n) is 4.84. The lowest BCUT2D eigenvalue weighted by molar-refractivity contribution is -0.137. The number of alkyl halides is 3. The van der Waals surface area contributed by atoms with Crippen LogP contribution in [0.5, 0.6) is 0 Å². The molecule has 1 saturated heterocycles. The van der Waals surface area contributed by atoms with Crippen LogP contribution >= 0.6 is 0 Å². The zero-order valence-corrected chi connectivity index (χ0v) is 10.3. The molecule has 1 aliphatic heterocycles. The lowest BCUT2D eigenvalue weighted by Gasteiger charge is -2.21. The monoisotopic (exact) mass is 258 g/mol. The van der Waals surface area contributed by atoms with Crippen LogP contribution in [0.1, 0.15) is 17.5 Å². The van der Waals surface area contributed by atoms with Crippen LogP contribution < -0.4 is 10.6 Å². The summed E-state index contributed by atoms with van der Waals surface area (Å²) in [7, 11) is 0. The van der Waals surface area contributed by atoms with Gasteiger partial charge < -0.3 is 10.6 Å². The Labute approximate surface area is 105 Å². The molecule has 1 unspecified atom stereocenters. The van der Waals surface area contributed by atoms with E-state index in [1.165, 1.54) is 6.07 Å². The minimum Gasteiger partial charge on any atom is -0.371 e. The maximum absolute atomic E-state index is 12.6. The normalized spacial score (nSPS) is 20.5. The first-order valence-electron chi connectivity index (χ1n) is 6.04. The molecular weight excluding hydrogens is 241 g/mol. The number of hydrogen-bond acceptors (Lipinski definition) is 2. The number of rotatable bonds is 2. The highest BCUT2D eigenvalue weighted by molar-refractivity contribution is 5.55. The van der Waals surface area contributed by atoms with Crippen molar-refractivity contribution in [3.05, 3.63) is 29.3 Å². The molecule has 0 aliphatic carbocycles. The van der Waals surface area contributed by atoms with Crippen molar-refractivity contribution in [1.29, 1.82) is 0 Å². The molecule has 5 heteroatoms. The number of aryl methyl sites for hydroxylation is 1. The Kier molecular flexibility index (Phi) is 3.52. The molecule has 2 N–H and O–H groups in total. The minimum absolute atomic E-state index is 0.451. The van der Waals surface area contributed by atoms with E-state index < -0.39 is 11.7 Å². The molecule has 1 fully saturated rings. The van der Waals surface area contributed by atoms with Crippen molar-refractivity contribution < 1.29 is 13.2 Å². The standard InChI is InChI=1S/C13H17F3N2/c1-9-6-11(13(14,15)16)2-3-12(9)18-5-4-10(7-17)8-18/h2-3,6,10H,4-5,7-8,17H2,1H3. The van der Waals surface area contributed by atoms with Gasteiger partial charge in [0, 0.05) is 18.8 Å². The van der Waals surface area contributed by atoms with Crippen LogP contribution in [0.4, 0.5) is 18.9 Å². The van der Waals surface area contributed by atoms with Gasteiger partial charge in [-0.2, -0.15) is 13.2 Å². The molecule has 1 atom stereocenters. The van der Waals surface area contributed by atoms with Gasteiger partial charge in [0.2, 0.25) is 0 Å². The molecule has 1 aromatic rings. The van der Waals surface area contributed by atoms with E-state index in [9.17, 15) is 13.2 Å². The summed E-state index contributed by atoms with van der Waals surface area (Å²) >= 11 is 0. The number of nitrogens with zero attached hydrogens (tertiary/aromatic N) is 1. The van der Waals surface area contributed by atoms with E-state index in [4.69, 9.17) is 5.73 Å². The van der Waals surface area contributed by atoms with Crippen LogP contribution in [0.25, 0.3) is 0 Å². The predicted octanol–water partition coefficient (Wildman–Crippen LogP) is 2.80. The van der Waals surface area contributed by atoms with Crippen molar-refractivity contribution in [2.24, 2.45) is 11.7 Å². The number of nitrogens with two attached hydrogens (primary N) is 1. The average Bonchev–Trinajstić information content (AvgIpc) is 2.76. The summed E-state index contributed by atoms with van der Waals surface area (Å²) in [6.45, 7) is 4.06. The molecule has 2 rings (SSSR count).